The van der Waals surface area contributed by atoms with Gasteiger partial charge in [-0.25, -0.2) is 0 Å². The lowest BCUT2D eigenvalue weighted by molar-refractivity contribution is 0.0333. The number of nitrogens with zero attached hydrogens (tertiary/aromatic N) is 3. The fraction of sp³-hybridized carbons (Fsp3) is 0.647. The summed E-state index contributed by atoms with van der Waals surface area (Å²) in [6, 6.07) is 4.89. The van der Waals surface area contributed by atoms with Crippen molar-refractivity contribution in [3.8, 4) is 0 Å². The van der Waals surface area contributed by atoms with Gasteiger partial charge in [-0.1, -0.05) is 6.42 Å². The van der Waals surface area contributed by atoms with Gasteiger partial charge < -0.3 is 9.67 Å². The highest BCUT2D eigenvalue weighted by Gasteiger charge is 2.52. The molecule has 2 aromatic rings. The minimum atomic E-state index is -0.215. The zero-order valence-electron chi connectivity index (χ0n) is 12.9. The number of hydrogen-bond acceptors (Lipinski definition) is 4. The van der Waals surface area contributed by atoms with Gasteiger partial charge in [0, 0.05) is 16.8 Å². The van der Waals surface area contributed by atoms with Crippen molar-refractivity contribution in [2.75, 3.05) is 0 Å². The molecule has 5 rings (SSSR count). The van der Waals surface area contributed by atoms with E-state index in [-0.39, 0.29) is 11.5 Å². The molecule has 0 unspecified atom stereocenters. The molecule has 0 radical (unpaired) electrons. The summed E-state index contributed by atoms with van der Waals surface area (Å²) < 4.78 is 3.61. The Morgan fingerprint density at radius 2 is 1.96 bits per heavy atom. The summed E-state index contributed by atoms with van der Waals surface area (Å²) in [5, 5.41) is 19.4. The second-order valence-corrected chi connectivity index (χ2v) is 9.82. The van der Waals surface area contributed by atoms with Crippen LogP contribution in [0, 0.1) is 0 Å². The van der Waals surface area contributed by atoms with Crippen molar-refractivity contribution >= 4 is 27.3 Å². The van der Waals surface area contributed by atoms with E-state index < -0.39 is 0 Å². The van der Waals surface area contributed by atoms with Gasteiger partial charge in [0.25, 0.3) is 0 Å². The summed E-state index contributed by atoms with van der Waals surface area (Å²) in [7, 11) is 0. The Bertz CT molecular complexity index is 741. The van der Waals surface area contributed by atoms with Crippen LogP contribution in [0.3, 0.4) is 0 Å². The van der Waals surface area contributed by atoms with Gasteiger partial charge in [-0.05, 0) is 66.6 Å². The Hall–Kier alpha value is -0.720. The van der Waals surface area contributed by atoms with E-state index in [1.165, 1.54) is 42.8 Å². The predicted octanol–water partition coefficient (Wildman–Crippen LogP) is 4.15. The summed E-state index contributed by atoms with van der Waals surface area (Å²) in [4.78, 5) is 1.31. The Labute approximate surface area is 148 Å². The van der Waals surface area contributed by atoms with Crippen LogP contribution in [-0.2, 0) is 5.41 Å². The van der Waals surface area contributed by atoms with Crippen molar-refractivity contribution in [1.29, 1.82) is 0 Å². The van der Waals surface area contributed by atoms with Crippen molar-refractivity contribution in [2.24, 2.45) is 0 Å². The van der Waals surface area contributed by atoms with Crippen LogP contribution >= 0.6 is 27.3 Å². The molecule has 2 aromatic heterocycles. The zero-order chi connectivity index (χ0) is 15.6. The van der Waals surface area contributed by atoms with Gasteiger partial charge in [0.1, 0.15) is 11.6 Å². The fourth-order valence-corrected chi connectivity index (χ4v) is 5.67. The summed E-state index contributed by atoms with van der Waals surface area (Å²) in [5.74, 6) is 2.93. The second kappa shape index (κ2) is 5.14. The predicted molar refractivity (Wildman–Crippen MR) is 92.9 cm³/mol. The van der Waals surface area contributed by atoms with Crippen LogP contribution in [0.4, 0.5) is 0 Å². The van der Waals surface area contributed by atoms with Crippen molar-refractivity contribution in [2.45, 2.75) is 68.4 Å². The molecule has 0 aromatic carbocycles. The smallest absolute Gasteiger partial charge is 0.145 e. The molecule has 0 bridgehead atoms. The average Bonchev–Trinajstić information content (AvgIpc) is 3.04. The van der Waals surface area contributed by atoms with Crippen molar-refractivity contribution in [3.63, 3.8) is 0 Å². The number of aliphatic hydroxyl groups is 1. The Balaban J connectivity index is 1.62. The molecule has 3 aliphatic carbocycles. The maximum atomic E-state index is 10.1. The molecule has 122 valence electrons. The second-order valence-electron chi connectivity index (χ2n) is 7.36. The molecule has 0 atom stereocenters. The zero-order valence-corrected chi connectivity index (χ0v) is 15.3. The third-order valence-electron chi connectivity index (χ3n) is 5.75. The van der Waals surface area contributed by atoms with Gasteiger partial charge in [0.05, 0.1) is 15.3 Å². The van der Waals surface area contributed by atoms with Gasteiger partial charge in [0.2, 0.25) is 0 Å². The molecule has 1 N–H and O–H groups in total. The van der Waals surface area contributed by atoms with Gasteiger partial charge in [-0.15, -0.1) is 21.5 Å². The molecule has 0 spiro atoms. The van der Waals surface area contributed by atoms with E-state index in [0.717, 1.165) is 22.5 Å². The first-order valence-corrected chi connectivity index (χ1v) is 10.2. The summed E-state index contributed by atoms with van der Waals surface area (Å²) in [5.41, 5.74) is -0.131. The minimum Gasteiger partial charge on any atom is -0.393 e. The molecule has 0 aliphatic heterocycles. The molecular weight excluding hydrogens is 374 g/mol. The monoisotopic (exact) mass is 393 g/mol. The first-order valence-electron chi connectivity index (χ1n) is 8.56. The van der Waals surface area contributed by atoms with Crippen LogP contribution in [0.2, 0.25) is 0 Å². The molecule has 3 fully saturated rings. The molecule has 6 heteroatoms. The number of hydrogen-bond donors (Lipinski definition) is 1. The van der Waals surface area contributed by atoms with Gasteiger partial charge in [-0.3, -0.25) is 0 Å². The number of aliphatic hydroxyl groups excluding tert-OH is 1. The van der Waals surface area contributed by atoms with Gasteiger partial charge in [-0.2, -0.15) is 0 Å². The topological polar surface area (TPSA) is 50.9 Å². The molecule has 3 aliphatic rings. The van der Waals surface area contributed by atoms with Crippen LogP contribution in [0.5, 0.6) is 0 Å². The van der Waals surface area contributed by atoms with Crippen molar-refractivity contribution in [3.05, 3.63) is 32.4 Å². The molecule has 23 heavy (non-hydrogen) atoms. The van der Waals surface area contributed by atoms with Gasteiger partial charge in [0.15, 0.2) is 0 Å². The van der Waals surface area contributed by atoms with Crippen LogP contribution in [0.1, 0.15) is 73.4 Å². The molecule has 3 saturated carbocycles. The standard InChI is InChI=1S/C17H20BrN3OS/c18-14-7-6-13(23-14)17(8-12(22)9-17)16-20-19-15(10-2-1-3-10)21(16)11-4-5-11/h6-7,10-12,22H,1-5,8-9H2. The maximum absolute atomic E-state index is 10.1. The van der Waals surface area contributed by atoms with Crippen LogP contribution in [0.15, 0.2) is 15.9 Å². The lowest BCUT2D eigenvalue weighted by Crippen LogP contribution is -2.47. The lowest BCUT2D eigenvalue weighted by Gasteiger charge is -2.44. The Morgan fingerprint density at radius 3 is 2.48 bits per heavy atom. The molecule has 4 nitrogen and oxygen atoms in total. The highest BCUT2D eigenvalue weighted by Crippen LogP contribution is 2.54. The number of thiophene rings is 1. The first-order chi connectivity index (χ1) is 11.2. The average molecular weight is 394 g/mol. The summed E-state index contributed by atoms with van der Waals surface area (Å²) >= 11 is 5.36. The van der Waals surface area contributed by atoms with E-state index in [0.29, 0.717) is 12.0 Å². The van der Waals surface area contributed by atoms with E-state index in [2.05, 4.69) is 42.8 Å². The van der Waals surface area contributed by atoms with E-state index in [9.17, 15) is 5.11 Å². The minimum absolute atomic E-state index is 0.131. The van der Waals surface area contributed by atoms with E-state index in [1.54, 1.807) is 11.3 Å². The van der Waals surface area contributed by atoms with Crippen molar-refractivity contribution < 1.29 is 5.11 Å². The Kier molecular flexibility index (Phi) is 3.26. The SMILES string of the molecule is OC1CC(c2ccc(Br)s2)(c2nnc(C3CCC3)n2C2CC2)C1. The Morgan fingerprint density at radius 1 is 1.17 bits per heavy atom. The van der Waals surface area contributed by atoms with E-state index >= 15 is 0 Å². The molecule has 0 amide bonds. The number of halogens is 1. The van der Waals surface area contributed by atoms with Crippen LogP contribution < -0.4 is 0 Å². The maximum Gasteiger partial charge on any atom is 0.145 e. The highest BCUT2D eigenvalue weighted by atomic mass is 79.9. The third kappa shape index (κ3) is 2.18. The van der Waals surface area contributed by atoms with Crippen LogP contribution in [0.25, 0.3) is 0 Å². The number of aromatic nitrogens is 3. The van der Waals surface area contributed by atoms with Crippen molar-refractivity contribution in [1.82, 2.24) is 14.8 Å². The van der Waals surface area contributed by atoms with E-state index in [1.807, 2.05) is 0 Å². The largest absolute Gasteiger partial charge is 0.393 e. The fourth-order valence-electron chi connectivity index (χ4n) is 4.08. The normalized spacial score (nSPS) is 31.0. The lowest BCUT2D eigenvalue weighted by atomic mass is 9.65. The van der Waals surface area contributed by atoms with Crippen LogP contribution in [-0.4, -0.2) is 26.0 Å². The first kappa shape index (κ1) is 14.6. The summed E-state index contributed by atoms with van der Waals surface area (Å²) in [6.07, 6.45) is 7.65. The van der Waals surface area contributed by atoms with E-state index in [4.69, 9.17) is 0 Å². The van der Waals surface area contributed by atoms with Gasteiger partial charge >= 0.3 is 0 Å². The quantitative estimate of drug-likeness (QED) is 0.848. The highest BCUT2D eigenvalue weighted by molar-refractivity contribution is 9.11. The molecule has 0 saturated heterocycles. The summed E-state index contributed by atoms with van der Waals surface area (Å²) in [6.45, 7) is 0. The molecular formula is C17H20BrN3OS. The molecule has 2 heterocycles. The number of rotatable bonds is 4. The third-order valence-corrected chi connectivity index (χ3v) is 7.57.